The Morgan fingerprint density at radius 2 is 2.47 bits per heavy atom. The first kappa shape index (κ1) is 9.59. The van der Waals surface area contributed by atoms with Crippen LogP contribution < -0.4 is 5.32 Å². The van der Waals surface area contributed by atoms with Gasteiger partial charge in [-0.2, -0.15) is 0 Å². The normalized spacial score (nSPS) is 10.1. The Kier molecular flexibility index (Phi) is 2.59. The summed E-state index contributed by atoms with van der Waals surface area (Å²) in [5, 5.41) is 23.3. The van der Waals surface area contributed by atoms with Gasteiger partial charge >= 0.3 is 5.97 Å². The molecule has 0 aliphatic rings. The van der Waals surface area contributed by atoms with Crippen LogP contribution in [0.25, 0.3) is 10.7 Å². The summed E-state index contributed by atoms with van der Waals surface area (Å²) in [6.45, 7) is -0.187. The number of hydrogen-bond donors (Lipinski definition) is 2. The van der Waals surface area contributed by atoms with Crippen molar-refractivity contribution in [2.75, 3.05) is 11.9 Å². The lowest BCUT2D eigenvalue weighted by molar-refractivity contribution is -0.134. The number of nitrogens with one attached hydrogen (secondary N) is 1. The van der Waals surface area contributed by atoms with Crippen molar-refractivity contribution in [1.82, 2.24) is 15.4 Å². The van der Waals surface area contributed by atoms with E-state index in [1.807, 2.05) is 0 Å². The van der Waals surface area contributed by atoms with Crippen molar-refractivity contribution in [2.24, 2.45) is 0 Å². The van der Waals surface area contributed by atoms with Crippen molar-refractivity contribution < 1.29 is 14.4 Å². The van der Waals surface area contributed by atoms with Crippen molar-refractivity contribution in [2.45, 2.75) is 0 Å². The number of aliphatic carboxylic acids is 1. The van der Waals surface area contributed by atoms with Gasteiger partial charge < -0.3 is 14.9 Å². The highest BCUT2D eigenvalue weighted by Gasteiger charge is 2.09. The maximum Gasteiger partial charge on any atom is 0.322 e. The topological polar surface area (TPSA) is 101 Å². The van der Waals surface area contributed by atoms with E-state index in [1.165, 1.54) is 17.6 Å². The zero-order valence-corrected chi connectivity index (χ0v) is 8.19. The molecule has 2 aromatic heterocycles. The number of anilines is 1. The molecule has 2 aromatic rings. The smallest absolute Gasteiger partial charge is 0.322 e. The van der Waals surface area contributed by atoms with Gasteiger partial charge in [0.25, 0.3) is 0 Å². The zero-order valence-electron chi connectivity index (χ0n) is 7.38. The number of aromatic nitrogens is 3. The van der Waals surface area contributed by atoms with Crippen molar-refractivity contribution in [3.63, 3.8) is 0 Å². The summed E-state index contributed by atoms with van der Waals surface area (Å²) in [4.78, 5) is 10.3. The van der Waals surface area contributed by atoms with E-state index >= 15 is 0 Å². The standard InChI is InChI=1S/C7H6N4O3S/c12-5(13)3-8-7-10-9-6(15-7)4-1-2-14-11-4/h1-2H,3H2,(H,8,10)(H,12,13). The second kappa shape index (κ2) is 4.05. The SMILES string of the molecule is O=C(O)CNc1nnc(-c2ccon2)s1. The maximum absolute atomic E-state index is 10.3. The summed E-state index contributed by atoms with van der Waals surface area (Å²) in [5.74, 6) is -0.951. The van der Waals surface area contributed by atoms with Crippen LogP contribution in [0.3, 0.4) is 0 Å². The van der Waals surface area contributed by atoms with Gasteiger partial charge in [0.05, 0.1) is 0 Å². The van der Waals surface area contributed by atoms with E-state index in [2.05, 4.69) is 25.2 Å². The van der Waals surface area contributed by atoms with Crippen molar-refractivity contribution in [1.29, 1.82) is 0 Å². The lowest BCUT2D eigenvalue weighted by Crippen LogP contribution is -2.11. The fourth-order valence-corrected chi connectivity index (χ4v) is 1.57. The predicted molar refractivity (Wildman–Crippen MR) is 51.5 cm³/mol. The monoisotopic (exact) mass is 226 g/mol. The van der Waals surface area contributed by atoms with Gasteiger partial charge in [0, 0.05) is 6.07 Å². The summed E-state index contributed by atoms with van der Waals surface area (Å²) in [6.07, 6.45) is 1.43. The number of nitrogens with zero attached hydrogens (tertiary/aromatic N) is 3. The molecule has 2 N–H and O–H groups in total. The third kappa shape index (κ3) is 2.29. The molecule has 0 aromatic carbocycles. The fraction of sp³-hybridized carbons (Fsp3) is 0.143. The summed E-state index contributed by atoms with van der Waals surface area (Å²) in [6, 6.07) is 1.65. The van der Waals surface area contributed by atoms with E-state index < -0.39 is 5.97 Å². The predicted octanol–water partition coefficient (Wildman–Crippen LogP) is 0.690. The molecule has 0 radical (unpaired) electrons. The molecule has 0 atom stereocenters. The summed E-state index contributed by atoms with van der Waals surface area (Å²) >= 11 is 1.21. The summed E-state index contributed by atoms with van der Waals surface area (Å²) < 4.78 is 4.65. The fourth-order valence-electron chi connectivity index (χ4n) is 0.872. The van der Waals surface area contributed by atoms with E-state index in [0.29, 0.717) is 15.8 Å². The molecular weight excluding hydrogens is 220 g/mol. The van der Waals surface area contributed by atoms with Crippen molar-refractivity contribution in [3.8, 4) is 10.7 Å². The minimum Gasteiger partial charge on any atom is -0.480 e. The van der Waals surface area contributed by atoms with E-state index in [-0.39, 0.29) is 6.54 Å². The molecule has 15 heavy (non-hydrogen) atoms. The molecule has 2 heterocycles. The second-order valence-electron chi connectivity index (χ2n) is 2.54. The molecular formula is C7H6N4O3S. The van der Waals surface area contributed by atoms with Gasteiger partial charge in [0.2, 0.25) is 5.13 Å². The highest BCUT2D eigenvalue weighted by atomic mass is 32.1. The molecule has 0 saturated heterocycles. The Balaban J connectivity index is 2.08. The quantitative estimate of drug-likeness (QED) is 0.790. The van der Waals surface area contributed by atoms with Gasteiger partial charge in [-0.15, -0.1) is 10.2 Å². The van der Waals surface area contributed by atoms with Gasteiger partial charge in [-0.3, -0.25) is 4.79 Å². The van der Waals surface area contributed by atoms with Crippen LogP contribution in [-0.2, 0) is 4.79 Å². The van der Waals surface area contributed by atoms with Gasteiger partial charge in [-0.25, -0.2) is 0 Å². The van der Waals surface area contributed by atoms with Crippen LogP contribution in [0.4, 0.5) is 5.13 Å². The maximum atomic E-state index is 10.3. The summed E-state index contributed by atoms with van der Waals surface area (Å²) in [5.41, 5.74) is 0.580. The molecule has 78 valence electrons. The Labute approximate surface area is 87.7 Å². The molecule has 2 rings (SSSR count). The van der Waals surface area contributed by atoms with E-state index in [9.17, 15) is 4.79 Å². The number of hydrogen-bond acceptors (Lipinski definition) is 7. The molecule has 0 aliphatic heterocycles. The van der Waals surface area contributed by atoms with Crippen LogP contribution in [0.5, 0.6) is 0 Å². The first-order chi connectivity index (χ1) is 7.25. The molecule has 8 heteroatoms. The van der Waals surface area contributed by atoms with E-state index in [4.69, 9.17) is 5.11 Å². The molecule has 7 nitrogen and oxygen atoms in total. The third-order valence-corrected chi connectivity index (χ3v) is 2.38. The zero-order chi connectivity index (χ0) is 10.7. The Morgan fingerprint density at radius 1 is 1.60 bits per heavy atom. The molecule has 0 fully saturated rings. The third-order valence-electron chi connectivity index (χ3n) is 1.47. The van der Waals surface area contributed by atoms with Crippen LogP contribution in [0.15, 0.2) is 16.9 Å². The van der Waals surface area contributed by atoms with Crippen LogP contribution in [0.1, 0.15) is 0 Å². The largest absolute Gasteiger partial charge is 0.480 e. The minimum atomic E-state index is -0.951. The highest BCUT2D eigenvalue weighted by molar-refractivity contribution is 7.18. The summed E-state index contributed by atoms with van der Waals surface area (Å²) in [7, 11) is 0. The lowest BCUT2D eigenvalue weighted by Gasteiger charge is -1.93. The van der Waals surface area contributed by atoms with Crippen molar-refractivity contribution in [3.05, 3.63) is 12.3 Å². The highest BCUT2D eigenvalue weighted by Crippen LogP contribution is 2.24. The molecule has 0 bridgehead atoms. The molecule has 0 spiro atoms. The molecule has 0 unspecified atom stereocenters. The van der Waals surface area contributed by atoms with Gasteiger partial charge in [-0.05, 0) is 0 Å². The number of rotatable bonds is 4. The number of carboxylic acids is 1. The Hall–Kier alpha value is -1.96. The van der Waals surface area contributed by atoms with Crippen LogP contribution in [0.2, 0.25) is 0 Å². The second-order valence-corrected chi connectivity index (χ2v) is 3.52. The van der Waals surface area contributed by atoms with Crippen LogP contribution in [0, 0.1) is 0 Å². The van der Waals surface area contributed by atoms with Gasteiger partial charge in [0.15, 0.2) is 5.01 Å². The molecule has 0 aliphatic carbocycles. The average Bonchev–Trinajstić information content (AvgIpc) is 2.85. The Bertz CT molecular complexity index is 453. The minimum absolute atomic E-state index is 0.187. The Morgan fingerprint density at radius 3 is 3.13 bits per heavy atom. The average molecular weight is 226 g/mol. The molecule has 0 amide bonds. The lowest BCUT2D eigenvalue weighted by atomic mass is 10.5. The number of carboxylic acid groups (broad SMARTS) is 1. The van der Waals surface area contributed by atoms with Crippen LogP contribution >= 0.6 is 11.3 Å². The van der Waals surface area contributed by atoms with Gasteiger partial charge in [-0.1, -0.05) is 16.5 Å². The molecule has 0 saturated carbocycles. The number of carbonyl (C=O) groups is 1. The first-order valence-corrected chi connectivity index (χ1v) is 4.77. The first-order valence-electron chi connectivity index (χ1n) is 3.95. The van der Waals surface area contributed by atoms with Crippen molar-refractivity contribution >= 4 is 22.4 Å². The van der Waals surface area contributed by atoms with Gasteiger partial charge in [0.1, 0.15) is 18.5 Å². The van der Waals surface area contributed by atoms with E-state index in [1.54, 1.807) is 6.07 Å². The van der Waals surface area contributed by atoms with E-state index in [0.717, 1.165) is 0 Å². The van der Waals surface area contributed by atoms with Crippen LogP contribution in [-0.4, -0.2) is 33.0 Å².